The maximum absolute atomic E-state index is 13.3. The number of rotatable bonds is 6. The Kier molecular flexibility index (Phi) is 6.51. The average molecular weight is 441 g/mol. The molecule has 1 aliphatic heterocycles. The number of anilines is 1. The molecule has 0 aromatic carbocycles. The summed E-state index contributed by atoms with van der Waals surface area (Å²) in [6, 6.07) is 0. The van der Waals surface area contributed by atoms with Crippen LogP contribution in [0, 0.1) is 30.6 Å². The van der Waals surface area contributed by atoms with E-state index in [0.717, 1.165) is 9.13 Å². The van der Waals surface area contributed by atoms with Crippen molar-refractivity contribution in [3.8, 4) is 24.7 Å². The molecule has 32 heavy (non-hydrogen) atoms. The first-order valence-electron chi connectivity index (χ1n) is 9.90. The molecule has 3 heterocycles. The molecule has 2 aromatic rings. The van der Waals surface area contributed by atoms with Crippen LogP contribution in [0.1, 0.15) is 39.8 Å². The molecule has 0 bridgehead atoms. The normalized spacial score (nSPS) is 21.0. The molecular weight excluding hydrogens is 418 g/mol. The van der Waals surface area contributed by atoms with Gasteiger partial charge in [0.05, 0.1) is 12.6 Å². The van der Waals surface area contributed by atoms with E-state index in [9.17, 15) is 19.2 Å². The lowest BCUT2D eigenvalue weighted by Gasteiger charge is -2.20. The third kappa shape index (κ3) is 4.29. The van der Waals surface area contributed by atoms with Crippen LogP contribution in [0.3, 0.4) is 0 Å². The lowest BCUT2D eigenvalue weighted by Crippen LogP contribution is -2.33. The molecule has 3 rings (SSSR count). The molecule has 0 aliphatic carbocycles. The standard InChI is InChI=1S/C21H23N5O6/c1-6-8-11(3)14-10-15(31-13(5)28)19(32-14)26-17-16(25(9-7-2)21(26)30)18(29)24-20(23-17)22-12(4)27/h1-2,11,14-15,19H,8-10H2,3-5H3,(H2,22,23,24,27,29)/t11-,14-,15+,19+/m0/s1. The highest BCUT2D eigenvalue weighted by atomic mass is 16.6. The quantitative estimate of drug-likeness (QED) is 0.488. The van der Waals surface area contributed by atoms with Gasteiger partial charge in [0, 0.05) is 26.7 Å². The number of hydrogen-bond acceptors (Lipinski definition) is 7. The van der Waals surface area contributed by atoms with Crippen molar-refractivity contribution in [2.45, 2.75) is 58.6 Å². The molecule has 2 aromatic heterocycles. The van der Waals surface area contributed by atoms with Gasteiger partial charge < -0.3 is 9.47 Å². The molecular formula is C21H23N5O6. The Bertz CT molecular complexity index is 1260. The zero-order valence-electron chi connectivity index (χ0n) is 17.9. The number of esters is 1. The Hall–Kier alpha value is -3.83. The van der Waals surface area contributed by atoms with E-state index in [0.29, 0.717) is 12.8 Å². The minimum absolute atomic E-state index is 0.0647. The molecule has 11 nitrogen and oxygen atoms in total. The van der Waals surface area contributed by atoms with Gasteiger partial charge in [-0.25, -0.2) is 9.36 Å². The van der Waals surface area contributed by atoms with Crippen molar-refractivity contribution in [3.63, 3.8) is 0 Å². The summed E-state index contributed by atoms with van der Waals surface area (Å²) in [7, 11) is 0. The number of nitrogens with one attached hydrogen (secondary N) is 2. The third-order valence-corrected chi connectivity index (χ3v) is 5.10. The molecule has 0 spiro atoms. The summed E-state index contributed by atoms with van der Waals surface area (Å²) in [6.07, 6.45) is 9.21. The summed E-state index contributed by atoms with van der Waals surface area (Å²) in [4.78, 5) is 55.8. The fourth-order valence-corrected chi connectivity index (χ4v) is 3.77. The Balaban J connectivity index is 2.22. The van der Waals surface area contributed by atoms with Crippen LogP contribution in [0.5, 0.6) is 0 Å². The highest BCUT2D eigenvalue weighted by Gasteiger charge is 2.43. The fraction of sp³-hybridized carbons (Fsp3) is 0.476. The number of H-pyrrole nitrogens is 1. The van der Waals surface area contributed by atoms with Gasteiger partial charge in [0.25, 0.3) is 5.56 Å². The van der Waals surface area contributed by atoms with E-state index < -0.39 is 41.6 Å². The maximum atomic E-state index is 13.3. The summed E-state index contributed by atoms with van der Waals surface area (Å²) in [5.41, 5.74) is -1.50. The van der Waals surface area contributed by atoms with Crippen LogP contribution in [0.4, 0.5) is 5.95 Å². The number of terminal acetylenes is 2. The second-order valence-electron chi connectivity index (χ2n) is 7.54. The van der Waals surface area contributed by atoms with Crippen LogP contribution in [-0.4, -0.2) is 43.2 Å². The Morgan fingerprint density at radius 3 is 2.66 bits per heavy atom. The Labute approximate surface area is 183 Å². The molecule has 11 heteroatoms. The molecule has 1 fully saturated rings. The average Bonchev–Trinajstić information content (AvgIpc) is 3.20. The highest BCUT2D eigenvalue weighted by molar-refractivity contribution is 5.87. The first kappa shape index (κ1) is 22.8. The molecule has 168 valence electrons. The van der Waals surface area contributed by atoms with Crippen molar-refractivity contribution < 1.29 is 19.1 Å². The number of fused-ring (bicyclic) bond motifs is 1. The van der Waals surface area contributed by atoms with Gasteiger partial charge >= 0.3 is 11.7 Å². The van der Waals surface area contributed by atoms with Crippen LogP contribution in [0.2, 0.25) is 0 Å². The molecule has 1 aliphatic rings. The number of nitrogens with zero attached hydrogens (tertiary/aromatic N) is 3. The topological polar surface area (TPSA) is 137 Å². The second-order valence-corrected chi connectivity index (χ2v) is 7.54. The minimum Gasteiger partial charge on any atom is -0.458 e. The number of aromatic amines is 1. The van der Waals surface area contributed by atoms with Crippen molar-refractivity contribution in [2.24, 2.45) is 5.92 Å². The number of hydrogen-bond donors (Lipinski definition) is 2. The maximum Gasteiger partial charge on any atom is 0.333 e. The first-order valence-corrected chi connectivity index (χ1v) is 9.90. The monoisotopic (exact) mass is 441 g/mol. The van der Waals surface area contributed by atoms with E-state index in [1.807, 2.05) is 6.92 Å². The number of carbonyl (C=O) groups is 2. The van der Waals surface area contributed by atoms with Crippen molar-refractivity contribution in [2.75, 3.05) is 5.32 Å². The highest BCUT2D eigenvalue weighted by Crippen LogP contribution is 2.36. The number of imidazole rings is 1. The first-order chi connectivity index (χ1) is 15.2. The van der Waals surface area contributed by atoms with E-state index in [4.69, 9.17) is 22.3 Å². The molecule has 4 atom stereocenters. The van der Waals surface area contributed by atoms with Gasteiger partial charge in [0.15, 0.2) is 17.4 Å². The van der Waals surface area contributed by atoms with Crippen LogP contribution >= 0.6 is 0 Å². The fourth-order valence-electron chi connectivity index (χ4n) is 3.77. The zero-order valence-corrected chi connectivity index (χ0v) is 17.9. The van der Waals surface area contributed by atoms with Gasteiger partial charge in [-0.1, -0.05) is 12.8 Å². The van der Waals surface area contributed by atoms with Gasteiger partial charge in [-0.3, -0.25) is 29.3 Å². The van der Waals surface area contributed by atoms with Gasteiger partial charge in [0.2, 0.25) is 11.9 Å². The Morgan fingerprint density at radius 2 is 2.06 bits per heavy atom. The zero-order chi connectivity index (χ0) is 23.6. The van der Waals surface area contributed by atoms with Crippen LogP contribution in [-0.2, 0) is 25.6 Å². The number of ether oxygens (including phenoxy) is 2. The number of amides is 1. The van der Waals surface area contributed by atoms with Crippen LogP contribution in [0.15, 0.2) is 9.59 Å². The van der Waals surface area contributed by atoms with Crippen LogP contribution in [0.25, 0.3) is 11.2 Å². The van der Waals surface area contributed by atoms with Crippen molar-refractivity contribution >= 4 is 29.0 Å². The molecule has 2 N–H and O–H groups in total. The van der Waals surface area contributed by atoms with Crippen molar-refractivity contribution in [3.05, 3.63) is 20.8 Å². The molecule has 0 unspecified atom stereocenters. The van der Waals surface area contributed by atoms with Gasteiger partial charge in [-0.05, 0) is 5.92 Å². The second kappa shape index (κ2) is 9.12. The summed E-state index contributed by atoms with van der Waals surface area (Å²) in [5.74, 6) is 3.64. The SMILES string of the molecule is C#CC[C@H](C)[C@@H]1C[C@@H](OC(C)=O)[C@H](n2c(=O)n(CC#C)c3c(=O)[nH]c(NC(C)=O)nc32)O1. The van der Waals surface area contributed by atoms with E-state index in [1.54, 1.807) is 0 Å². The summed E-state index contributed by atoms with van der Waals surface area (Å²) in [6.45, 7) is 4.18. The molecule has 0 saturated carbocycles. The van der Waals surface area contributed by atoms with E-state index in [2.05, 4.69) is 27.1 Å². The minimum atomic E-state index is -1.07. The van der Waals surface area contributed by atoms with Gasteiger partial charge in [-0.2, -0.15) is 4.98 Å². The molecule has 1 saturated heterocycles. The summed E-state index contributed by atoms with van der Waals surface area (Å²) >= 11 is 0. The van der Waals surface area contributed by atoms with Crippen molar-refractivity contribution in [1.29, 1.82) is 0 Å². The lowest BCUT2D eigenvalue weighted by atomic mass is 9.98. The van der Waals surface area contributed by atoms with E-state index >= 15 is 0 Å². The predicted molar refractivity (Wildman–Crippen MR) is 114 cm³/mol. The summed E-state index contributed by atoms with van der Waals surface area (Å²) < 4.78 is 13.7. The van der Waals surface area contributed by atoms with Gasteiger partial charge in [0.1, 0.15) is 6.10 Å². The lowest BCUT2D eigenvalue weighted by molar-refractivity contribution is -0.152. The smallest absolute Gasteiger partial charge is 0.333 e. The van der Waals surface area contributed by atoms with Crippen LogP contribution < -0.4 is 16.6 Å². The van der Waals surface area contributed by atoms with E-state index in [-0.39, 0.29) is 29.6 Å². The van der Waals surface area contributed by atoms with E-state index in [1.165, 1.54) is 13.8 Å². The Morgan fingerprint density at radius 1 is 1.34 bits per heavy atom. The summed E-state index contributed by atoms with van der Waals surface area (Å²) in [5, 5.41) is 2.38. The number of aromatic nitrogens is 4. The predicted octanol–water partition coefficient (Wildman–Crippen LogP) is 0.357. The molecule has 1 amide bonds. The molecule has 0 radical (unpaired) electrons. The largest absolute Gasteiger partial charge is 0.458 e. The van der Waals surface area contributed by atoms with Gasteiger partial charge in [-0.15, -0.1) is 18.8 Å². The number of carbonyl (C=O) groups excluding carboxylic acids is 2. The third-order valence-electron chi connectivity index (χ3n) is 5.10. The van der Waals surface area contributed by atoms with Crippen molar-refractivity contribution in [1.82, 2.24) is 19.1 Å².